The van der Waals surface area contributed by atoms with Crippen molar-refractivity contribution in [1.29, 1.82) is 0 Å². The Labute approximate surface area is 114 Å². The summed E-state index contributed by atoms with van der Waals surface area (Å²) in [6, 6.07) is 5.87. The molecule has 3 atom stereocenters. The van der Waals surface area contributed by atoms with Crippen LogP contribution in [0.2, 0.25) is 0 Å². The number of hydrogen-bond donors (Lipinski definition) is 1. The fourth-order valence-electron chi connectivity index (χ4n) is 3.37. The van der Waals surface area contributed by atoms with Crippen LogP contribution in [-0.4, -0.2) is 18.3 Å². The largest absolute Gasteiger partial charge is 0.486 e. The van der Waals surface area contributed by atoms with Crippen molar-refractivity contribution >= 4 is 0 Å². The maximum Gasteiger partial charge on any atom is 0.161 e. The number of rotatable bonds is 1. The Balaban J connectivity index is 1.92. The van der Waals surface area contributed by atoms with Gasteiger partial charge < -0.3 is 14.6 Å². The normalized spacial score (nSPS) is 34.1. The Hall–Kier alpha value is -1.22. The van der Waals surface area contributed by atoms with Gasteiger partial charge in [0, 0.05) is 0 Å². The van der Waals surface area contributed by atoms with Crippen molar-refractivity contribution < 1.29 is 14.6 Å². The molecule has 104 valence electrons. The highest BCUT2D eigenvalue weighted by atomic mass is 16.6. The summed E-state index contributed by atoms with van der Waals surface area (Å²) in [7, 11) is 0. The zero-order valence-corrected chi connectivity index (χ0v) is 11.7. The lowest BCUT2D eigenvalue weighted by Crippen LogP contribution is -2.38. The molecule has 1 N–H and O–H groups in total. The van der Waals surface area contributed by atoms with Crippen molar-refractivity contribution in [1.82, 2.24) is 0 Å². The van der Waals surface area contributed by atoms with Crippen molar-refractivity contribution in [2.45, 2.75) is 38.7 Å². The van der Waals surface area contributed by atoms with Crippen LogP contribution < -0.4 is 9.47 Å². The molecule has 0 aromatic heterocycles. The molecule has 19 heavy (non-hydrogen) atoms. The minimum atomic E-state index is -0.720. The van der Waals surface area contributed by atoms with E-state index in [0.29, 0.717) is 19.1 Å². The summed E-state index contributed by atoms with van der Waals surface area (Å²) in [5.74, 6) is 2.53. The Morgan fingerprint density at radius 1 is 1.16 bits per heavy atom. The van der Waals surface area contributed by atoms with Crippen molar-refractivity contribution in [3.8, 4) is 11.5 Å². The van der Waals surface area contributed by atoms with Crippen LogP contribution in [0.15, 0.2) is 18.2 Å². The van der Waals surface area contributed by atoms with E-state index in [1.165, 1.54) is 0 Å². The van der Waals surface area contributed by atoms with Crippen LogP contribution >= 0.6 is 0 Å². The van der Waals surface area contributed by atoms with Gasteiger partial charge in [-0.3, -0.25) is 0 Å². The lowest BCUT2D eigenvalue weighted by Gasteiger charge is -2.41. The predicted molar refractivity (Wildman–Crippen MR) is 73.5 cm³/mol. The van der Waals surface area contributed by atoms with E-state index in [2.05, 4.69) is 13.8 Å². The highest BCUT2D eigenvalue weighted by Gasteiger charge is 2.40. The number of fused-ring (bicyclic) bond motifs is 1. The third-order valence-electron chi connectivity index (χ3n) is 4.63. The standard InChI is InChI=1S/C16H22O3/c1-11-5-6-16(17,12(2)9-11)13-3-4-14-15(10-13)19-8-7-18-14/h3-4,10-12,17H,5-9H2,1-2H3. The molecule has 1 aromatic rings. The lowest BCUT2D eigenvalue weighted by atomic mass is 9.69. The summed E-state index contributed by atoms with van der Waals surface area (Å²) in [4.78, 5) is 0. The second-order valence-electron chi connectivity index (χ2n) is 6.06. The molecule has 0 amide bonds. The SMILES string of the molecule is CC1CCC(O)(c2ccc3c(c2)OCCO3)C(C)C1. The second kappa shape index (κ2) is 4.71. The average molecular weight is 262 g/mol. The highest BCUT2D eigenvalue weighted by Crippen LogP contribution is 2.45. The van der Waals surface area contributed by atoms with Gasteiger partial charge in [-0.2, -0.15) is 0 Å². The second-order valence-corrected chi connectivity index (χ2v) is 6.06. The molecule has 2 aliphatic rings. The Morgan fingerprint density at radius 3 is 2.63 bits per heavy atom. The number of hydrogen-bond acceptors (Lipinski definition) is 3. The predicted octanol–water partition coefficient (Wildman–Crippen LogP) is 3.10. The molecule has 0 bridgehead atoms. The van der Waals surface area contributed by atoms with E-state index in [0.717, 1.165) is 36.3 Å². The molecule has 1 saturated carbocycles. The average Bonchev–Trinajstić information content (AvgIpc) is 2.43. The van der Waals surface area contributed by atoms with Crippen LogP contribution in [-0.2, 0) is 5.60 Å². The van der Waals surface area contributed by atoms with E-state index in [4.69, 9.17) is 9.47 Å². The molecule has 1 fully saturated rings. The fraction of sp³-hybridized carbons (Fsp3) is 0.625. The van der Waals surface area contributed by atoms with Gasteiger partial charge in [0.25, 0.3) is 0 Å². The number of ether oxygens (including phenoxy) is 2. The molecule has 0 saturated heterocycles. The molecule has 1 aromatic carbocycles. The Bertz CT molecular complexity index is 471. The maximum atomic E-state index is 11.0. The molecule has 1 heterocycles. The Kier molecular flexibility index (Phi) is 3.17. The van der Waals surface area contributed by atoms with Gasteiger partial charge >= 0.3 is 0 Å². The van der Waals surface area contributed by atoms with E-state index in [1.54, 1.807) is 0 Å². The van der Waals surface area contributed by atoms with Crippen molar-refractivity contribution in [3.05, 3.63) is 23.8 Å². The molecule has 1 aliphatic heterocycles. The summed E-state index contributed by atoms with van der Waals surface area (Å²) in [6.07, 6.45) is 2.98. The third-order valence-corrected chi connectivity index (χ3v) is 4.63. The van der Waals surface area contributed by atoms with Crippen LogP contribution in [0.25, 0.3) is 0 Å². The molecule has 3 rings (SSSR count). The smallest absolute Gasteiger partial charge is 0.161 e. The minimum absolute atomic E-state index is 0.277. The van der Waals surface area contributed by atoms with E-state index >= 15 is 0 Å². The maximum absolute atomic E-state index is 11.0. The topological polar surface area (TPSA) is 38.7 Å². The zero-order chi connectivity index (χ0) is 13.5. The van der Waals surface area contributed by atoms with Gasteiger partial charge in [-0.25, -0.2) is 0 Å². The molecule has 1 aliphatic carbocycles. The van der Waals surface area contributed by atoms with Gasteiger partial charge in [-0.05, 0) is 48.8 Å². The summed E-state index contributed by atoms with van der Waals surface area (Å²) in [5.41, 5.74) is 0.249. The van der Waals surface area contributed by atoms with Gasteiger partial charge in [0.2, 0.25) is 0 Å². The molecule has 3 heteroatoms. The fourth-order valence-corrected chi connectivity index (χ4v) is 3.37. The van der Waals surface area contributed by atoms with Crippen LogP contribution in [0.4, 0.5) is 0 Å². The lowest BCUT2D eigenvalue weighted by molar-refractivity contribution is -0.0590. The van der Waals surface area contributed by atoms with E-state index < -0.39 is 5.60 Å². The minimum Gasteiger partial charge on any atom is -0.486 e. The highest BCUT2D eigenvalue weighted by molar-refractivity contribution is 5.45. The van der Waals surface area contributed by atoms with Gasteiger partial charge in [0.1, 0.15) is 13.2 Å². The molecule has 3 nitrogen and oxygen atoms in total. The third kappa shape index (κ3) is 2.20. The number of benzene rings is 1. The van der Waals surface area contributed by atoms with Crippen LogP contribution in [0.1, 0.15) is 38.7 Å². The molecule has 0 spiro atoms. The molecular weight excluding hydrogens is 240 g/mol. The summed E-state index contributed by atoms with van der Waals surface area (Å²) in [5, 5.41) is 11.0. The van der Waals surface area contributed by atoms with Gasteiger partial charge in [0.15, 0.2) is 11.5 Å². The van der Waals surface area contributed by atoms with E-state index in [-0.39, 0.29) is 5.92 Å². The quantitative estimate of drug-likeness (QED) is 0.845. The first kappa shape index (κ1) is 12.8. The van der Waals surface area contributed by atoms with E-state index in [9.17, 15) is 5.11 Å². The Morgan fingerprint density at radius 2 is 1.89 bits per heavy atom. The van der Waals surface area contributed by atoms with Crippen LogP contribution in [0.5, 0.6) is 11.5 Å². The molecule has 0 radical (unpaired) electrons. The van der Waals surface area contributed by atoms with Crippen molar-refractivity contribution in [3.63, 3.8) is 0 Å². The van der Waals surface area contributed by atoms with Gasteiger partial charge in [-0.15, -0.1) is 0 Å². The summed E-state index contributed by atoms with van der Waals surface area (Å²) < 4.78 is 11.2. The first-order chi connectivity index (χ1) is 9.09. The zero-order valence-electron chi connectivity index (χ0n) is 11.7. The van der Waals surface area contributed by atoms with E-state index in [1.807, 2.05) is 18.2 Å². The van der Waals surface area contributed by atoms with Gasteiger partial charge in [-0.1, -0.05) is 19.9 Å². The first-order valence-corrected chi connectivity index (χ1v) is 7.22. The number of aliphatic hydroxyl groups is 1. The summed E-state index contributed by atoms with van der Waals surface area (Å²) >= 11 is 0. The van der Waals surface area contributed by atoms with Crippen LogP contribution in [0.3, 0.4) is 0 Å². The first-order valence-electron chi connectivity index (χ1n) is 7.22. The molecular formula is C16H22O3. The van der Waals surface area contributed by atoms with Crippen molar-refractivity contribution in [2.75, 3.05) is 13.2 Å². The van der Waals surface area contributed by atoms with Crippen molar-refractivity contribution in [2.24, 2.45) is 11.8 Å². The van der Waals surface area contributed by atoms with Gasteiger partial charge in [0.05, 0.1) is 5.60 Å². The molecule has 3 unspecified atom stereocenters. The monoisotopic (exact) mass is 262 g/mol. The summed E-state index contributed by atoms with van der Waals surface area (Å²) in [6.45, 7) is 5.60. The van der Waals surface area contributed by atoms with Crippen LogP contribution in [0, 0.1) is 11.8 Å².